The third-order valence-corrected chi connectivity index (χ3v) is 12.7. The van der Waals surface area contributed by atoms with Crippen molar-refractivity contribution in [1.29, 1.82) is 0 Å². The van der Waals surface area contributed by atoms with Crippen molar-refractivity contribution in [3.8, 4) is 0 Å². The van der Waals surface area contributed by atoms with E-state index in [9.17, 15) is 29.4 Å². The van der Waals surface area contributed by atoms with Gasteiger partial charge in [-0.1, -0.05) is 32.6 Å². The highest BCUT2D eigenvalue weighted by atomic mass is 35.5. The molecule has 0 aromatic heterocycles. The summed E-state index contributed by atoms with van der Waals surface area (Å²) in [6.45, 7) is 10.6. The Morgan fingerprint density at radius 3 is 2.43 bits per heavy atom. The number of nitrogens with zero attached hydrogens (tertiary/aromatic N) is 1. The number of aliphatic hydroxyl groups is 2. The van der Waals surface area contributed by atoms with Gasteiger partial charge in [0, 0.05) is 61.1 Å². The van der Waals surface area contributed by atoms with Crippen LogP contribution in [-0.2, 0) is 39.8 Å². The zero-order valence-corrected chi connectivity index (χ0v) is 29.7. The first-order chi connectivity index (χ1) is 23.2. The first-order valence-electron chi connectivity index (χ1n) is 17.1. The first-order valence-corrected chi connectivity index (χ1v) is 18.1. The van der Waals surface area contributed by atoms with Gasteiger partial charge in [-0.25, -0.2) is 4.79 Å². The highest BCUT2D eigenvalue weighted by molar-refractivity contribution is 6.18. The number of halogens is 2. The van der Waals surface area contributed by atoms with Crippen LogP contribution in [0.2, 0.25) is 0 Å². The van der Waals surface area contributed by atoms with Crippen molar-refractivity contribution in [2.75, 3.05) is 36.4 Å². The van der Waals surface area contributed by atoms with E-state index in [0.29, 0.717) is 56.9 Å². The number of carbonyl (C=O) groups is 4. The molecule has 2 heterocycles. The minimum Gasteiger partial charge on any atom is -0.462 e. The predicted molar refractivity (Wildman–Crippen MR) is 181 cm³/mol. The van der Waals surface area contributed by atoms with Crippen LogP contribution < -0.4 is 10.2 Å². The smallest absolute Gasteiger partial charge is 0.329 e. The summed E-state index contributed by atoms with van der Waals surface area (Å²) in [6.07, 6.45) is -1.02. The van der Waals surface area contributed by atoms with E-state index in [1.165, 1.54) is 6.92 Å². The molecular weight excluding hydrogens is 675 g/mol. The molecule has 1 aromatic carbocycles. The number of hydrogen-bond donors (Lipinski definition) is 3. The molecule has 2 spiro atoms. The fourth-order valence-electron chi connectivity index (χ4n) is 10.5. The summed E-state index contributed by atoms with van der Waals surface area (Å²) in [7, 11) is 0. The molecule has 4 saturated carbocycles. The zero-order valence-electron chi connectivity index (χ0n) is 28.2. The molecule has 10 atom stereocenters. The number of esters is 2. The largest absolute Gasteiger partial charge is 0.462 e. The Morgan fingerprint density at radius 2 is 1.82 bits per heavy atom. The Hall–Kier alpha value is -2.70. The molecule has 6 fully saturated rings. The van der Waals surface area contributed by atoms with Crippen LogP contribution >= 0.6 is 23.2 Å². The van der Waals surface area contributed by atoms with Crippen LogP contribution in [0.1, 0.15) is 52.0 Å². The molecule has 4 unspecified atom stereocenters. The SMILES string of the molecule is C=C1C(=O)C23C(CCC1[C@H]2OC(=O)[C@H](Cc1ccc(N(CCCl)CCCl)cc1)NC=O)C12CO[C@@]3(O)[C@@H](O)[C@@H]1C(C)(C)CC[C@@H]2OC(C)=O. The Bertz CT molecular complexity index is 1500. The molecule has 6 aliphatic rings. The lowest BCUT2D eigenvalue weighted by Crippen LogP contribution is -2.86. The monoisotopic (exact) mass is 720 g/mol. The van der Waals surface area contributed by atoms with Gasteiger partial charge in [-0.05, 0) is 60.3 Å². The lowest BCUT2D eigenvalue weighted by molar-refractivity contribution is -0.458. The van der Waals surface area contributed by atoms with Crippen LogP contribution in [0, 0.1) is 34.0 Å². The average molecular weight is 722 g/mol. The van der Waals surface area contributed by atoms with E-state index in [1.54, 1.807) is 0 Å². The van der Waals surface area contributed by atoms with Gasteiger partial charge in [0.2, 0.25) is 12.2 Å². The lowest BCUT2D eigenvalue weighted by atomic mass is 9.35. The summed E-state index contributed by atoms with van der Waals surface area (Å²) in [4.78, 5) is 54.8. The molecule has 1 amide bonds. The normalized spacial score (nSPS) is 37.4. The number of fused-ring (bicyclic) bond motifs is 2. The number of benzene rings is 1. The number of amides is 1. The number of anilines is 1. The molecule has 4 aliphatic carbocycles. The van der Waals surface area contributed by atoms with E-state index < -0.39 is 81.9 Å². The number of rotatable bonds is 12. The average Bonchev–Trinajstić information content (AvgIpc) is 3.16. The fraction of sp³-hybridized carbons (Fsp3) is 0.667. The maximum Gasteiger partial charge on any atom is 0.329 e. The van der Waals surface area contributed by atoms with Gasteiger partial charge in [0.05, 0.1) is 6.61 Å². The minimum atomic E-state index is -2.40. The number of hydrogen-bond acceptors (Lipinski definition) is 10. The molecule has 1 aromatic rings. The number of ether oxygens (including phenoxy) is 3. The van der Waals surface area contributed by atoms with E-state index in [4.69, 9.17) is 37.4 Å². The summed E-state index contributed by atoms with van der Waals surface area (Å²) in [5.74, 6) is -5.24. The standard InChI is InChI=1S/C36H46Cl2N2O9/c1-20-24-9-10-26-34-18-47-36(46,30(44)28(34)33(3,4)12-11-27(34)48-21(2)42)35(26,29(20)43)31(24)49-32(45)25(39-19-41)17-22-5-7-23(8-6-22)40(15-13-37)16-14-38/h5-8,19,24-28,30-31,44,46H,1,9-18H2,2-4H3,(H,39,41)/t24?,25-,26?,27-,28+,30-,31+,34?,35?,36-/m0/s1. The molecule has 0 radical (unpaired) electrons. The maximum absolute atomic E-state index is 14.6. The van der Waals surface area contributed by atoms with Gasteiger partial charge in [0.25, 0.3) is 0 Å². The van der Waals surface area contributed by atoms with Gasteiger partial charge in [-0.2, -0.15) is 0 Å². The van der Waals surface area contributed by atoms with Crippen molar-refractivity contribution in [1.82, 2.24) is 5.32 Å². The van der Waals surface area contributed by atoms with Crippen LogP contribution in [0.4, 0.5) is 5.69 Å². The summed E-state index contributed by atoms with van der Waals surface area (Å²) < 4.78 is 18.4. The molecule has 7 rings (SSSR count). The highest BCUT2D eigenvalue weighted by Gasteiger charge is 2.88. The minimum absolute atomic E-state index is 0.0390. The van der Waals surface area contributed by atoms with Gasteiger partial charge < -0.3 is 34.6 Å². The number of Topliss-reactive ketones (excluding diaryl/α,β-unsaturated/α-hetero) is 1. The van der Waals surface area contributed by atoms with Gasteiger partial charge in [0.1, 0.15) is 29.8 Å². The van der Waals surface area contributed by atoms with Crippen LogP contribution in [-0.4, -0.2) is 95.9 Å². The molecule has 11 nitrogen and oxygen atoms in total. The number of ketones is 1. The van der Waals surface area contributed by atoms with Crippen LogP contribution in [0.5, 0.6) is 0 Å². The van der Waals surface area contributed by atoms with Crippen molar-refractivity contribution in [2.45, 2.75) is 83.0 Å². The van der Waals surface area contributed by atoms with Crippen LogP contribution in [0.15, 0.2) is 36.4 Å². The first kappa shape index (κ1) is 36.1. The molecule has 268 valence electrons. The second-order valence-corrected chi connectivity index (χ2v) is 15.8. The Labute approximate surface area is 296 Å². The van der Waals surface area contributed by atoms with Crippen molar-refractivity contribution in [3.05, 3.63) is 42.0 Å². The van der Waals surface area contributed by atoms with Gasteiger partial charge >= 0.3 is 11.9 Å². The summed E-state index contributed by atoms with van der Waals surface area (Å²) >= 11 is 11.9. The summed E-state index contributed by atoms with van der Waals surface area (Å²) in [6, 6.07) is 6.33. The molecule has 4 bridgehead atoms. The fourth-order valence-corrected chi connectivity index (χ4v) is 10.9. The quantitative estimate of drug-likeness (QED) is 0.127. The predicted octanol–water partition coefficient (Wildman–Crippen LogP) is 3.14. The molecule has 2 aliphatic heterocycles. The number of aliphatic hydroxyl groups excluding tert-OH is 1. The van der Waals surface area contributed by atoms with Crippen molar-refractivity contribution < 1.29 is 43.6 Å². The van der Waals surface area contributed by atoms with Gasteiger partial charge in [0.15, 0.2) is 5.78 Å². The molecule has 49 heavy (non-hydrogen) atoms. The van der Waals surface area contributed by atoms with Gasteiger partial charge in [-0.3, -0.25) is 14.4 Å². The van der Waals surface area contributed by atoms with Crippen LogP contribution in [0.25, 0.3) is 0 Å². The van der Waals surface area contributed by atoms with E-state index in [2.05, 4.69) is 11.9 Å². The Balaban J connectivity index is 1.35. The molecule has 3 N–H and O–H groups in total. The topological polar surface area (TPSA) is 152 Å². The highest BCUT2D eigenvalue weighted by Crippen LogP contribution is 2.77. The second kappa shape index (κ2) is 13.1. The number of alkyl halides is 2. The summed E-state index contributed by atoms with van der Waals surface area (Å²) in [5.41, 5.74) is -1.61. The Kier molecular flexibility index (Phi) is 9.67. The molecular formula is C36H46Cl2N2O9. The zero-order chi connectivity index (χ0) is 35.5. The number of carbonyl (C=O) groups excluding carboxylic acids is 4. The van der Waals surface area contributed by atoms with E-state index >= 15 is 0 Å². The van der Waals surface area contributed by atoms with Gasteiger partial charge in [-0.15, -0.1) is 23.2 Å². The second-order valence-electron chi connectivity index (χ2n) is 15.0. The van der Waals surface area contributed by atoms with E-state index in [0.717, 1.165) is 11.3 Å². The van der Waals surface area contributed by atoms with E-state index in [1.807, 2.05) is 43.0 Å². The third-order valence-electron chi connectivity index (χ3n) is 12.4. The van der Waals surface area contributed by atoms with Crippen molar-refractivity contribution >= 4 is 53.0 Å². The third kappa shape index (κ3) is 5.24. The lowest BCUT2D eigenvalue weighted by Gasteiger charge is -2.74. The molecule has 13 heteroatoms. The van der Waals surface area contributed by atoms with Crippen molar-refractivity contribution in [3.63, 3.8) is 0 Å². The molecule has 2 saturated heterocycles. The summed E-state index contributed by atoms with van der Waals surface area (Å²) in [5, 5.41) is 27.3. The number of nitrogens with one attached hydrogen (secondary N) is 1. The Morgan fingerprint density at radius 1 is 1.14 bits per heavy atom. The van der Waals surface area contributed by atoms with E-state index in [-0.39, 0.29) is 18.6 Å². The van der Waals surface area contributed by atoms with Crippen molar-refractivity contribution in [2.24, 2.45) is 34.0 Å². The van der Waals surface area contributed by atoms with Crippen LogP contribution in [0.3, 0.4) is 0 Å². The maximum atomic E-state index is 14.6.